The van der Waals surface area contributed by atoms with Crippen LogP contribution in [0, 0.1) is 25.2 Å². The number of aromatic amines is 1. The molecule has 1 saturated carbocycles. The summed E-state index contributed by atoms with van der Waals surface area (Å²) in [5.41, 5.74) is 2.60. The maximum atomic E-state index is 12.5. The van der Waals surface area contributed by atoms with Gasteiger partial charge in [-0.15, -0.1) is 0 Å². The Bertz CT molecular complexity index is 1030. The number of para-hydroxylation sites is 1. The Hall–Kier alpha value is -3.40. The minimum atomic E-state index is -0.415. The molecule has 3 N–H and O–H groups in total. The zero-order chi connectivity index (χ0) is 20.3. The Morgan fingerprint density at radius 2 is 1.96 bits per heavy atom. The lowest BCUT2D eigenvalue weighted by atomic mass is 9.99. The second-order valence-electron chi connectivity index (χ2n) is 7.01. The maximum absolute atomic E-state index is 12.5. The van der Waals surface area contributed by atoms with Gasteiger partial charge < -0.3 is 15.6 Å². The van der Waals surface area contributed by atoms with E-state index < -0.39 is 5.56 Å². The van der Waals surface area contributed by atoms with E-state index in [9.17, 15) is 14.4 Å². The van der Waals surface area contributed by atoms with Crippen molar-refractivity contribution >= 4 is 17.5 Å². The third-order valence-corrected chi connectivity index (χ3v) is 4.88. The number of pyridine rings is 1. The van der Waals surface area contributed by atoms with Crippen molar-refractivity contribution in [1.29, 1.82) is 5.26 Å². The van der Waals surface area contributed by atoms with E-state index in [4.69, 9.17) is 5.26 Å². The molecule has 2 aromatic rings. The number of aromatic nitrogens is 1. The molecule has 0 spiro atoms. The van der Waals surface area contributed by atoms with E-state index in [-0.39, 0.29) is 29.8 Å². The molecule has 1 aromatic heterocycles. The third-order valence-electron chi connectivity index (χ3n) is 4.88. The molecule has 7 nitrogen and oxygen atoms in total. The highest BCUT2D eigenvalue weighted by atomic mass is 16.2. The number of amides is 2. The number of benzene rings is 1. The van der Waals surface area contributed by atoms with Gasteiger partial charge in [0.25, 0.3) is 11.5 Å². The molecular weight excluding hydrogens is 356 g/mol. The number of hydrogen-bond acceptors (Lipinski definition) is 4. The quantitative estimate of drug-likeness (QED) is 0.715. The van der Waals surface area contributed by atoms with Crippen LogP contribution in [0.3, 0.4) is 0 Å². The average Bonchev–Trinajstić information content (AvgIpc) is 3.46. The Kier molecular flexibility index (Phi) is 5.59. The second-order valence-corrected chi connectivity index (χ2v) is 7.01. The molecule has 1 aromatic carbocycles. The number of nitrogens with one attached hydrogen (secondary N) is 3. The molecule has 1 aliphatic rings. The molecule has 28 heavy (non-hydrogen) atoms. The molecule has 0 atom stereocenters. The van der Waals surface area contributed by atoms with Crippen LogP contribution in [-0.4, -0.2) is 22.8 Å². The van der Waals surface area contributed by atoms with Gasteiger partial charge >= 0.3 is 0 Å². The Balaban J connectivity index is 1.70. The van der Waals surface area contributed by atoms with Gasteiger partial charge in [-0.2, -0.15) is 5.26 Å². The second kappa shape index (κ2) is 8.09. The fourth-order valence-electron chi connectivity index (χ4n) is 3.15. The average molecular weight is 378 g/mol. The van der Waals surface area contributed by atoms with Crippen LogP contribution in [0.1, 0.15) is 52.0 Å². The first-order valence-corrected chi connectivity index (χ1v) is 9.23. The predicted molar refractivity (Wildman–Crippen MR) is 105 cm³/mol. The van der Waals surface area contributed by atoms with E-state index in [0.29, 0.717) is 28.9 Å². The van der Waals surface area contributed by atoms with Crippen LogP contribution in [0.4, 0.5) is 5.69 Å². The van der Waals surface area contributed by atoms with E-state index in [0.717, 1.165) is 18.4 Å². The standard InChI is InChI=1S/C21H22N4O3/c1-12-15(13(2)23-21(28)17(12)11-22)9-10-19(26)25-18-6-4-3-5-16(18)20(27)24-14-7-8-14/h3-6,14H,7-10H2,1-2H3,(H,23,28)(H,24,27)(H,25,26). The lowest BCUT2D eigenvalue weighted by molar-refractivity contribution is -0.116. The van der Waals surface area contributed by atoms with Crippen LogP contribution >= 0.6 is 0 Å². The molecule has 0 aliphatic heterocycles. The van der Waals surface area contributed by atoms with Gasteiger partial charge in [0.2, 0.25) is 5.91 Å². The molecule has 0 unspecified atom stereocenters. The molecule has 2 amide bonds. The molecule has 3 rings (SSSR count). The lowest BCUT2D eigenvalue weighted by Crippen LogP contribution is -2.27. The van der Waals surface area contributed by atoms with Crippen LogP contribution in [0.2, 0.25) is 0 Å². The smallest absolute Gasteiger partial charge is 0.266 e. The molecule has 1 fully saturated rings. The van der Waals surface area contributed by atoms with Crippen LogP contribution < -0.4 is 16.2 Å². The van der Waals surface area contributed by atoms with E-state index in [1.807, 2.05) is 6.07 Å². The van der Waals surface area contributed by atoms with Crippen molar-refractivity contribution in [3.63, 3.8) is 0 Å². The first-order valence-electron chi connectivity index (χ1n) is 9.23. The third kappa shape index (κ3) is 4.29. The van der Waals surface area contributed by atoms with Crippen molar-refractivity contribution in [2.75, 3.05) is 5.32 Å². The summed E-state index contributed by atoms with van der Waals surface area (Å²) in [4.78, 5) is 39.3. The number of hydrogen-bond donors (Lipinski definition) is 3. The molecule has 7 heteroatoms. The van der Waals surface area contributed by atoms with Gasteiger partial charge in [0.15, 0.2) is 0 Å². The number of carbonyl (C=O) groups excluding carboxylic acids is 2. The van der Waals surface area contributed by atoms with Crippen LogP contribution in [-0.2, 0) is 11.2 Å². The van der Waals surface area contributed by atoms with Gasteiger partial charge in [-0.25, -0.2) is 0 Å². The largest absolute Gasteiger partial charge is 0.349 e. The van der Waals surface area contributed by atoms with Crippen LogP contribution in [0.25, 0.3) is 0 Å². The van der Waals surface area contributed by atoms with E-state index >= 15 is 0 Å². The van der Waals surface area contributed by atoms with Gasteiger partial charge in [0.05, 0.1) is 11.3 Å². The highest BCUT2D eigenvalue weighted by Gasteiger charge is 2.25. The van der Waals surface area contributed by atoms with Crippen LogP contribution in [0.5, 0.6) is 0 Å². The van der Waals surface area contributed by atoms with Gasteiger partial charge in [0.1, 0.15) is 11.6 Å². The summed E-state index contributed by atoms with van der Waals surface area (Å²) in [6.45, 7) is 3.46. The molecule has 144 valence electrons. The number of H-pyrrole nitrogens is 1. The number of rotatable bonds is 6. The van der Waals surface area contributed by atoms with Crippen molar-refractivity contribution in [3.05, 3.63) is 62.6 Å². The predicted octanol–water partition coefficient (Wildman–Crippen LogP) is 2.33. The fourth-order valence-corrected chi connectivity index (χ4v) is 3.15. The monoisotopic (exact) mass is 378 g/mol. The summed E-state index contributed by atoms with van der Waals surface area (Å²) in [6.07, 6.45) is 2.52. The number of nitrogens with zero attached hydrogens (tertiary/aromatic N) is 1. The number of anilines is 1. The van der Waals surface area contributed by atoms with Crippen molar-refractivity contribution in [2.24, 2.45) is 0 Å². The molecule has 1 heterocycles. The van der Waals surface area contributed by atoms with Crippen molar-refractivity contribution in [3.8, 4) is 6.07 Å². The highest BCUT2D eigenvalue weighted by Crippen LogP contribution is 2.22. The van der Waals surface area contributed by atoms with Crippen LogP contribution in [0.15, 0.2) is 29.1 Å². The van der Waals surface area contributed by atoms with E-state index in [1.54, 1.807) is 38.1 Å². The van der Waals surface area contributed by atoms with Crippen molar-refractivity contribution in [2.45, 2.75) is 45.6 Å². The SMILES string of the molecule is Cc1[nH]c(=O)c(C#N)c(C)c1CCC(=O)Nc1ccccc1C(=O)NC1CC1. The minimum Gasteiger partial charge on any atom is -0.349 e. The zero-order valence-electron chi connectivity index (χ0n) is 15.9. The Labute approximate surface area is 162 Å². The summed E-state index contributed by atoms with van der Waals surface area (Å²) < 4.78 is 0. The molecule has 0 radical (unpaired) electrons. The van der Waals surface area contributed by atoms with Gasteiger partial charge in [0, 0.05) is 18.2 Å². The Morgan fingerprint density at radius 1 is 1.25 bits per heavy atom. The first kappa shape index (κ1) is 19.4. The molecule has 1 aliphatic carbocycles. The Morgan fingerprint density at radius 3 is 2.64 bits per heavy atom. The maximum Gasteiger partial charge on any atom is 0.266 e. The zero-order valence-corrected chi connectivity index (χ0v) is 15.9. The summed E-state index contributed by atoms with van der Waals surface area (Å²) in [5, 5.41) is 14.9. The summed E-state index contributed by atoms with van der Waals surface area (Å²) in [6, 6.07) is 9.05. The normalized spacial score (nSPS) is 12.9. The number of carbonyl (C=O) groups is 2. The van der Waals surface area contributed by atoms with Crippen molar-refractivity contribution in [1.82, 2.24) is 10.3 Å². The van der Waals surface area contributed by atoms with E-state index in [1.165, 1.54) is 0 Å². The number of aryl methyl sites for hydroxylation is 1. The summed E-state index contributed by atoms with van der Waals surface area (Å²) >= 11 is 0. The first-order chi connectivity index (χ1) is 13.4. The topological polar surface area (TPSA) is 115 Å². The van der Waals surface area contributed by atoms with Gasteiger partial charge in [-0.1, -0.05) is 12.1 Å². The molecular formula is C21H22N4O3. The fraction of sp³-hybridized carbons (Fsp3) is 0.333. The summed E-state index contributed by atoms with van der Waals surface area (Å²) in [5.74, 6) is -0.431. The minimum absolute atomic E-state index is 0.0723. The van der Waals surface area contributed by atoms with Crippen molar-refractivity contribution < 1.29 is 9.59 Å². The lowest BCUT2D eigenvalue weighted by Gasteiger charge is -2.13. The van der Waals surface area contributed by atoms with Gasteiger partial charge in [-0.05, 0) is 56.4 Å². The highest BCUT2D eigenvalue weighted by molar-refractivity contribution is 6.03. The number of nitriles is 1. The molecule has 0 saturated heterocycles. The summed E-state index contributed by atoms with van der Waals surface area (Å²) in [7, 11) is 0. The van der Waals surface area contributed by atoms with Gasteiger partial charge in [-0.3, -0.25) is 14.4 Å². The van der Waals surface area contributed by atoms with E-state index in [2.05, 4.69) is 15.6 Å². The molecule has 0 bridgehead atoms.